The molecule has 0 spiro atoms. The monoisotopic (exact) mass is 467 g/mol. The molecule has 2 N–H and O–H groups in total. The van der Waals surface area contributed by atoms with Crippen molar-refractivity contribution >= 4 is 16.7 Å². The fourth-order valence-electron chi connectivity index (χ4n) is 3.89. The topological polar surface area (TPSA) is 49.3 Å². The molecule has 0 saturated heterocycles. The standard InChI is InChI=1S/C27H21F4NO2/c28-21-14-8-17(9-15-21)16-24(25(33)19-10-12-20(13-11-19)27(29,30)31)32-26(34)23-7-3-5-18-4-1-2-6-22(18)23/h1-15,24-25,33H,16H2,(H,32,34). The molecule has 0 aromatic heterocycles. The number of amides is 1. The van der Waals surface area contributed by atoms with E-state index in [1.165, 1.54) is 36.4 Å². The molecule has 0 fully saturated rings. The van der Waals surface area contributed by atoms with Crippen LogP contribution in [0.5, 0.6) is 0 Å². The zero-order valence-electron chi connectivity index (χ0n) is 17.9. The van der Waals surface area contributed by atoms with E-state index in [-0.39, 0.29) is 12.0 Å². The Kier molecular flexibility index (Phi) is 6.65. The molecule has 0 heterocycles. The number of hydrogen-bond donors (Lipinski definition) is 2. The highest BCUT2D eigenvalue weighted by Gasteiger charge is 2.31. The average molecular weight is 467 g/mol. The molecule has 4 aromatic carbocycles. The van der Waals surface area contributed by atoms with E-state index in [4.69, 9.17) is 0 Å². The maximum atomic E-state index is 13.4. The van der Waals surface area contributed by atoms with Crippen LogP contribution >= 0.6 is 0 Å². The number of fused-ring (bicyclic) bond motifs is 1. The Morgan fingerprint density at radius 3 is 2.18 bits per heavy atom. The summed E-state index contributed by atoms with van der Waals surface area (Å²) in [5.74, 6) is -0.863. The molecule has 3 nitrogen and oxygen atoms in total. The van der Waals surface area contributed by atoms with E-state index in [1.54, 1.807) is 12.1 Å². The van der Waals surface area contributed by atoms with Gasteiger partial charge in [0.05, 0.1) is 17.7 Å². The Labute approximate surface area is 193 Å². The number of aliphatic hydroxyl groups excluding tert-OH is 1. The maximum Gasteiger partial charge on any atom is 0.416 e. The van der Waals surface area contributed by atoms with Gasteiger partial charge in [0.15, 0.2) is 0 Å². The third-order valence-corrected chi connectivity index (χ3v) is 5.68. The van der Waals surface area contributed by atoms with Gasteiger partial charge < -0.3 is 10.4 Å². The van der Waals surface area contributed by atoms with Crippen LogP contribution in [0.25, 0.3) is 10.8 Å². The first-order valence-electron chi connectivity index (χ1n) is 10.6. The average Bonchev–Trinajstić information content (AvgIpc) is 2.83. The van der Waals surface area contributed by atoms with E-state index in [9.17, 15) is 27.5 Å². The second kappa shape index (κ2) is 9.65. The van der Waals surface area contributed by atoms with Gasteiger partial charge in [0, 0.05) is 5.56 Å². The van der Waals surface area contributed by atoms with Crippen molar-refractivity contribution in [2.75, 3.05) is 0 Å². The van der Waals surface area contributed by atoms with E-state index in [0.29, 0.717) is 11.1 Å². The van der Waals surface area contributed by atoms with Gasteiger partial charge >= 0.3 is 6.18 Å². The number of rotatable bonds is 6. The van der Waals surface area contributed by atoms with Crippen molar-refractivity contribution in [3.05, 3.63) is 119 Å². The lowest BCUT2D eigenvalue weighted by atomic mass is 9.94. The molecule has 4 rings (SSSR count). The number of aliphatic hydroxyl groups is 1. The second-order valence-electron chi connectivity index (χ2n) is 8.00. The zero-order chi connectivity index (χ0) is 24.3. The van der Waals surface area contributed by atoms with Crippen molar-refractivity contribution in [3.63, 3.8) is 0 Å². The fraction of sp³-hybridized carbons (Fsp3) is 0.148. The van der Waals surface area contributed by atoms with Crippen LogP contribution in [0.2, 0.25) is 0 Å². The zero-order valence-corrected chi connectivity index (χ0v) is 17.9. The molecule has 7 heteroatoms. The van der Waals surface area contributed by atoms with Gasteiger partial charge in [0.2, 0.25) is 0 Å². The predicted octanol–water partition coefficient (Wildman–Crippen LogP) is 6.07. The van der Waals surface area contributed by atoms with Crippen LogP contribution in [0.3, 0.4) is 0 Å². The lowest BCUT2D eigenvalue weighted by Crippen LogP contribution is -2.41. The first-order valence-corrected chi connectivity index (χ1v) is 10.6. The number of halogens is 4. The highest BCUT2D eigenvalue weighted by Crippen LogP contribution is 2.31. The molecule has 1 amide bonds. The normalized spacial score (nSPS) is 13.4. The van der Waals surface area contributed by atoms with E-state index in [0.717, 1.165) is 22.9 Å². The van der Waals surface area contributed by atoms with Crippen molar-refractivity contribution < 1.29 is 27.5 Å². The SMILES string of the molecule is O=C(NC(Cc1ccc(F)cc1)C(O)c1ccc(C(F)(F)F)cc1)c1cccc2ccccc12. The van der Waals surface area contributed by atoms with Gasteiger partial charge in [0.1, 0.15) is 5.82 Å². The van der Waals surface area contributed by atoms with Crippen LogP contribution in [-0.4, -0.2) is 17.1 Å². The smallest absolute Gasteiger partial charge is 0.386 e. The van der Waals surface area contributed by atoms with Gasteiger partial charge in [-0.3, -0.25) is 4.79 Å². The fourth-order valence-corrected chi connectivity index (χ4v) is 3.89. The molecule has 0 radical (unpaired) electrons. The molecule has 0 saturated carbocycles. The van der Waals surface area contributed by atoms with Crippen molar-refractivity contribution in [2.45, 2.75) is 24.7 Å². The molecule has 2 atom stereocenters. The molecule has 0 bridgehead atoms. The summed E-state index contributed by atoms with van der Waals surface area (Å²) in [6.45, 7) is 0. The van der Waals surface area contributed by atoms with E-state index in [2.05, 4.69) is 5.32 Å². The van der Waals surface area contributed by atoms with E-state index < -0.39 is 35.6 Å². The third kappa shape index (κ3) is 5.26. The van der Waals surface area contributed by atoms with Gasteiger partial charge in [-0.1, -0.05) is 60.7 Å². The number of hydrogen-bond acceptors (Lipinski definition) is 2. The molecule has 0 aliphatic rings. The largest absolute Gasteiger partial charge is 0.416 e. The Morgan fingerprint density at radius 1 is 0.853 bits per heavy atom. The quantitative estimate of drug-likeness (QED) is 0.338. The Bertz CT molecular complexity index is 1280. The number of alkyl halides is 3. The first-order chi connectivity index (χ1) is 16.2. The lowest BCUT2D eigenvalue weighted by Gasteiger charge is -2.25. The number of carbonyl (C=O) groups excluding carboxylic acids is 1. The summed E-state index contributed by atoms with van der Waals surface area (Å²) >= 11 is 0. The highest BCUT2D eigenvalue weighted by molar-refractivity contribution is 6.07. The van der Waals surface area contributed by atoms with Crippen molar-refractivity contribution in [1.82, 2.24) is 5.32 Å². The minimum absolute atomic E-state index is 0.138. The van der Waals surface area contributed by atoms with Crippen molar-refractivity contribution in [1.29, 1.82) is 0 Å². The summed E-state index contributed by atoms with van der Waals surface area (Å²) < 4.78 is 52.2. The van der Waals surface area contributed by atoms with Crippen LogP contribution in [-0.2, 0) is 12.6 Å². The van der Waals surface area contributed by atoms with Gasteiger partial charge in [-0.15, -0.1) is 0 Å². The molecule has 0 aliphatic carbocycles. The summed E-state index contributed by atoms with van der Waals surface area (Å²) in [6, 6.07) is 21.5. The molecular formula is C27H21F4NO2. The Hall–Kier alpha value is -3.71. The first kappa shape index (κ1) is 23.4. The van der Waals surface area contributed by atoms with Gasteiger partial charge in [0.25, 0.3) is 5.91 Å². The minimum atomic E-state index is -4.50. The number of nitrogens with one attached hydrogen (secondary N) is 1. The molecule has 0 aliphatic heterocycles. The summed E-state index contributed by atoms with van der Waals surface area (Å²) in [7, 11) is 0. The summed E-state index contributed by atoms with van der Waals surface area (Å²) in [6.07, 6.45) is -5.66. The van der Waals surface area contributed by atoms with E-state index >= 15 is 0 Å². The molecule has 34 heavy (non-hydrogen) atoms. The highest BCUT2D eigenvalue weighted by atomic mass is 19.4. The van der Waals surface area contributed by atoms with Gasteiger partial charge in [-0.2, -0.15) is 13.2 Å². The van der Waals surface area contributed by atoms with Crippen LogP contribution < -0.4 is 5.32 Å². The minimum Gasteiger partial charge on any atom is -0.386 e. The summed E-state index contributed by atoms with van der Waals surface area (Å²) in [4.78, 5) is 13.2. The van der Waals surface area contributed by atoms with Crippen molar-refractivity contribution in [2.24, 2.45) is 0 Å². The Balaban J connectivity index is 1.64. The second-order valence-corrected chi connectivity index (χ2v) is 8.00. The molecule has 2 unspecified atom stereocenters. The van der Waals surface area contributed by atoms with Crippen LogP contribution in [0.4, 0.5) is 17.6 Å². The summed E-state index contributed by atoms with van der Waals surface area (Å²) in [5.41, 5.74) is 0.439. The summed E-state index contributed by atoms with van der Waals surface area (Å²) in [5, 5.41) is 15.5. The maximum absolute atomic E-state index is 13.4. The molecular weight excluding hydrogens is 446 g/mol. The Morgan fingerprint density at radius 2 is 1.50 bits per heavy atom. The van der Waals surface area contributed by atoms with Crippen LogP contribution in [0.15, 0.2) is 91.0 Å². The number of carbonyl (C=O) groups is 1. The van der Waals surface area contributed by atoms with Crippen LogP contribution in [0, 0.1) is 5.82 Å². The van der Waals surface area contributed by atoms with Crippen LogP contribution in [0.1, 0.15) is 33.2 Å². The number of benzene rings is 4. The predicted molar refractivity (Wildman–Crippen MR) is 122 cm³/mol. The lowest BCUT2D eigenvalue weighted by molar-refractivity contribution is -0.137. The third-order valence-electron chi connectivity index (χ3n) is 5.68. The van der Waals surface area contributed by atoms with Gasteiger partial charge in [-0.05, 0) is 58.7 Å². The van der Waals surface area contributed by atoms with Gasteiger partial charge in [-0.25, -0.2) is 4.39 Å². The van der Waals surface area contributed by atoms with E-state index in [1.807, 2.05) is 30.3 Å². The van der Waals surface area contributed by atoms with Crippen molar-refractivity contribution in [3.8, 4) is 0 Å². The molecule has 4 aromatic rings. The molecule has 174 valence electrons.